The third kappa shape index (κ3) is 5.09. The Bertz CT molecular complexity index is 1420. The van der Waals surface area contributed by atoms with Crippen molar-refractivity contribution in [3.63, 3.8) is 0 Å². The maximum absolute atomic E-state index is 12.9. The molecule has 5 rings (SSSR count). The van der Waals surface area contributed by atoms with E-state index in [-0.39, 0.29) is 17.6 Å². The van der Waals surface area contributed by atoms with Gasteiger partial charge in [-0.2, -0.15) is 8.78 Å². The van der Waals surface area contributed by atoms with Crippen LogP contribution in [0.2, 0.25) is 0 Å². The summed E-state index contributed by atoms with van der Waals surface area (Å²) in [4.78, 5) is 27.2. The quantitative estimate of drug-likeness (QED) is 0.383. The molecule has 0 amide bonds. The maximum Gasteiger partial charge on any atom is 0.387 e. The Hall–Kier alpha value is -4.08. The van der Waals surface area contributed by atoms with E-state index in [4.69, 9.17) is 4.74 Å². The third-order valence-corrected chi connectivity index (χ3v) is 6.94. The van der Waals surface area contributed by atoms with Crippen LogP contribution in [0.15, 0.2) is 55.0 Å². The Morgan fingerprint density at radius 3 is 2.62 bits per heavy atom. The summed E-state index contributed by atoms with van der Waals surface area (Å²) in [6, 6.07) is 10.6. The Balaban J connectivity index is 1.40. The van der Waals surface area contributed by atoms with Gasteiger partial charge in [0.2, 0.25) is 5.95 Å². The zero-order chi connectivity index (χ0) is 26.1. The molecule has 1 N–H and O–H groups in total. The van der Waals surface area contributed by atoms with Crippen LogP contribution in [0.25, 0.3) is 16.8 Å². The number of rotatable bonds is 7. The smallest absolute Gasteiger partial charge is 0.387 e. The van der Waals surface area contributed by atoms with Gasteiger partial charge in [-0.15, -0.1) is 0 Å². The number of nitrogens with zero attached hydrogens (tertiary/aromatic N) is 5. The van der Waals surface area contributed by atoms with Crippen molar-refractivity contribution in [3.8, 4) is 16.9 Å². The number of aryl methyl sites for hydroxylation is 1. The molecular formula is C27H27F2N5O3. The number of fused-ring (bicyclic) bond motifs is 1. The molecule has 4 aromatic rings. The Labute approximate surface area is 212 Å². The van der Waals surface area contributed by atoms with Crippen molar-refractivity contribution in [1.82, 2.24) is 19.4 Å². The van der Waals surface area contributed by atoms with Gasteiger partial charge in [0.15, 0.2) is 0 Å². The number of carbonyl (C=O) groups is 1. The van der Waals surface area contributed by atoms with E-state index in [1.54, 1.807) is 30.6 Å². The predicted octanol–water partition coefficient (Wildman–Crippen LogP) is 4.84. The molecule has 0 radical (unpaired) electrons. The summed E-state index contributed by atoms with van der Waals surface area (Å²) in [5.41, 5.74) is 4.76. The number of halogens is 2. The highest BCUT2D eigenvalue weighted by Crippen LogP contribution is 2.29. The lowest BCUT2D eigenvalue weighted by molar-refractivity contribution is -0.144. The molecule has 192 valence electrons. The minimum Gasteiger partial charge on any atom is -0.481 e. The van der Waals surface area contributed by atoms with Crippen LogP contribution >= 0.6 is 0 Å². The van der Waals surface area contributed by atoms with E-state index in [9.17, 15) is 18.7 Å². The number of ether oxygens (including phenoxy) is 1. The topological polar surface area (TPSA) is 92.9 Å². The van der Waals surface area contributed by atoms with Gasteiger partial charge in [0.1, 0.15) is 11.4 Å². The molecule has 2 atom stereocenters. The standard InChI is InChI=1S/C27H27F2N5O3/c1-16-14-33(10-9-21(16)25(35)36)27-30-12-20(13-31-27)19-7-8-24-32-17(2)22(34(24)15-19)11-18-5-3-4-6-23(18)37-26(28)29/h3-8,12-13,15-16,21,26H,9-11,14H2,1-2H3,(H,35,36)/t16-,21+/m1/s1. The number of piperidine rings is 1. The van der Waals surface area contributed by atoms with E-state index in [1.165, 1.54) is 6.07 Å². The highest BCUT2D eigenvalue weighted by atomic mass is 19.3. The summed E-state index contributed by atoms with van der Waals surface area (Å²) in [5.74, 6) is -0.359. The van der Waals surface area contributed by atoms with Crippen molar-refractivity contribution in [2.75, 3.05) is 18.0 Å². The third-order valence-electron chi connectivity index (χ3n) is 6.94. The van der Waals surface area contributed by atoms with Gasteiger partial charge in [-0.25, -0.2) is 15.0 Å². The Morgan fingerprint density at radius 2 is 1.92 bits per heavy atom. The van der Waals surface area contributed by atoms with Crippen LogP contribution in [-0.2, 0) is 11.2 Å². The molecule has 0 spiro atoms. The van der Waals surface area contributed by atoms with Crippen LogP contribution in [0.3, 0.4) is 0 Å². The van der Waals surface area contributed by atoms with Crippen LogP contribution in [0.5, 0.6) is 5.75 Å². The highest BCUT2D eigenvalue weighted by molar-refractivity contribution is 5.71. The fourth-order valence-corrected chi connectivity index (χ4v) is 4.96. The number of anilines is 1. The fourth-order valence-electron chi connectivity index (χ4n) is 4.96. The molecule has 1 aliphatic heterocycles. The fraction of sp³-hybridized carbons (Fsp3) is 0.333. The Morgan fingerprint density at radius 1 is 1.16 bits per heavy atom. The van der Waals surface area contributed by atoms with Crippen LogP contribution in [0, 0.1) is 18.8 Å². The maximum atomic E-state index is 12.9. The average Bonchev–Trinajstić information content (AvgIpc) is 3.18. The van der Waals surface area contributed by atoms with E-state index >= 15 is 0 Å². The number of hydrogen-bond donors (Lipinski definition) is 1. The number of carboxylic acids is 1. The lowest BCUT2D eigenvalue weighted by Gasteiger charge is -2.34. The number of imidazole rings is 1. The monoisotopic (exact) mass is 507 g/mol. The largest absolute Gasteiger partial charge is 0.481 e. The lowest BCUT2D eigenvalue weighted by Crippen LogP contribution is -2.42. The van der Waals surface area contributed by atoms with Gasteiger partial charge >= 0.3 is 12.6 Å². The van der Waals surface area contributed by atoms with E-state index in [0.717, 1.165) is 28.2 Å². The number of benzene rings is 1. The number of alkyl halides is 2. The van der Waals surface area contributed by atoms with Gasteiger partial charge in [-0.3, -0.25) is 4.79 Å². The van der Waals surface area contributed by atoms with Crippen molar-refractivity contribution in [2.24, 2.45) is 11.8 Å². The lowest BCUT2D eigenvalue weighted by atomic mass is 9.87. The van der Waals surface area contributed by atoms with Gasteiger partial charge in [-0.1, -0.05) is 25.1 Å². The number of aromatic nitrogens is 4. The normalized spacial score (nSPS) is 17.9. The van der Waals surface area contributed by atoms with Crippen molar-refractivity contribution >= 4 is 17.6 Å². The molecule has 0 aliphatic carbocycles. The van der Waals surface area contributed by atoms with Gasteiger partial charge in [-0.05, 0) is 37.5 Å². The van der Waals surface area contributed by atoms with Gasteiger partial charge < -0.3 is 19.1 Å². The van der Waals surface area contributed by atoms with Crippen LogP contribution in [-0.4, -0.2) is 50.1 Å². The number of pyridine rings is 1. The first-order valence-corrected chi connectivity index (χ1v) is 12.1. The first kappa shape index (κ1) is 24.6. The molecule has 1 saturated heterocycles. The number of para-hydroxylation sites is 1. The van der Waals surface area contributed by atoms with E-state index < -0.39 is 12.6 Å². The minimum absolute atomic E-state index is 0.0102. The van der Waals surface area contributed by atoms with Crippen molar-refractivity contribution < 1.29 is 23.4 Å². The molecular weight excluding hydrogens is 480 g/mol. The SMILES string of the molecule is Cc1nc2ccc(-c3cnc(N4CC[C@H](C(=O)O)[C@H](C)C4)nc3)cn2c1Cc1ccccc1OC(F)F. The molecule has 4 heterocycles. The summed E-state index contributed by atoms with van der Waals surface area (Å²) in [6.07, 6.45) is 6.39. The van der Waals surface area contributed by atoms with E-state index in [1.807, 2.05) is 41.5 Å². The zero-order valence-electron chi connectivity index (χ0n) is 20.5. The first-order valence-electron chi connectivity index (χ1n) is 12.1. The molecule has 1 aromatic carbocycles. The highest BCUT2D eigenvalue weighted by Gasteiger charge is 2.32. The summed E-state index contributed by atoms with van der Waals surface area (Å²) in [5, 5.41) is 9.36. The van der Waals surface area contributed by atoms with Gasteiger partial charge in [0.05, 0.1) is 11.6 Å². The first-order chi connectivity index (χ1) is 17.8. The second kappa shape index (κ2) is 10.1. The Kier molecular flexibility index (Phi) is 6.73. The molecule has 1 fully saturated rings. The van der Waals surface area contributed by atoms with Crippen LogP contribution in [0.4, 0.5) is 14.7 Å². The van der Waals surface area contributed by atoms with Gasteiger partial charge in [0.25, 0.3) is 0 Å². The molecule has 0 bridgehead atoms. The van der Waals surface area contributed by atoms with Crippen molar-refractivity contribution in [3.05, 3.63) is 71.9 Å². The van der Waals surface area contributed by atoms with Crippen LogP contribution in [0.1, 0.15) is 30.3 Å². The molecule has 0 saturated carbocycles. The van der Waals surface area contributed by atoms with Crippen molar-refractivity contribution in [1.29, 1.82) is 0 Å². The molecule has 0 unspecified atom stereocenters. The average molecular weight is 508 g/mol. The molecule has 8 nitrogen and oxygen atoms in total. The summed E-state index contributed by atoms with van der Waals surface area (Å²) < 4.78 is 32.4. The van der Waals surface area contributed by atoms with E-state index in [0.29, 0.717) is 37.4 Å². The van der Waals surface area contributed by atoms with Crippen LogP contribution < -0.4 is 9.64 Å². The summed E-state index contributed by atoms with van der Waals surface area (Å²) >= 11 is 0. The van der Waals surface area contributed by atoms with E-state index in [2.05, 4.69) is 15.0 Å². The summed E-state index contributed by atoms with van der Waals surface area (Å²) in [6.45, 7) is 2.13. The second-order valence-electron chi connectivity index (χ2n) is 9.38. The predicted molar refractivity (Wildman–Crippen MR) is 134 cm³/mol. The van der Waals surface area contributed by atoms with Gasteiger partial charge in [0, 0.05) is 60.5 Å². The molecule has 10 heteroatoms. The van der Waals surface area contributed by atoms with Crippen molar-refractivity contribution in [2.45, 2.75) is 33.3 Å². The molecule has 37 heavy (non-hydrogen) atoms. The molecule has 3 aromatic heterocycles. The zero-order valence-corrected chi connectivity index (χ0v) is 20.5. The summed E-state index contributed by atoms with van der Waals surface area (Å²) in [7, 11) is 0. The number of carboxylic acid groups (broad SMARTS) is 1. The second-order valence-corrected chi connectivity index (χ2v) is 9.38. The number of aliphatic carboxylic acids is 1. The number of hydrogen-bond acceptors (Lipinski definition) is 6. The molecule has 1 aliphatic rings. The minimum atomic E-state index is -2.90.